The third kappa shape index (κ3) is 5.11. The molecule has 0 aliphatic heterocycles. The molecule has 4 N–H and O–H groups in total. The van der Waals surface area contributed by atoms with Crippen molar-refractivity contribution in [1.29, 1.82) is 0 Å². The van der Waals surface area contributed by atoms with Crippen LogP contribution < -0.4 is 22.3 Å². The number of aromatic amines is 1. The second kappa shape index (κ2) is 9.02. The van der Waals surface area contributed by atoms with E-state index in [0.29, 0.717) is 26.3 Å². The van der Waals surface area contributed by atoms with Gasteiger partial charge in [0.05, 0.1) is 13.2 Å². The molecule has 0 bridgehead atoms. The van der Waals surface area contributed by atoms with Gasteiger partial charge in [-0.15, -0.1) is 6.58 Å². The zero-order chi connectivity index (χ0) is 15.7. The van der Waals surface area contributed by atoms with Gasteiger partial charge in [0.1, 0.15) is 11.5 Å². The lowest BCUT2D eigenvalue weighted by Gasteiger charge is -2.13. The largest absolute Gasteiger partial charge is 0.383 e. The Hall–Kier alpha value is -2.02. The quantitative estimate of drug-likeness (QED) is 0.440. The number of nitrogen functional groups attached to an aromatic ring is 1. The van der Waals surface area contributed by atoms with Gasteiger partial charge < -0.3 is 15.8 Å². The monoisotopic (exact) mass is 296 g/mol. The van der Waals surface area contributed by atoms with Crippen LogP contribution in [0.4, 0.5) is 11.5 Å². The average molecular weight is 296 g/mol. The van der Waals surface area contributed by atoms with Gasteiger partial charge >= 0.3 is 5.69 Å². The molecule has 0 amide bonds. The molecule has 0 aromatic carbocycles. The van der Waals surface area contributed by atoms with Crippen LogP contribution >= 0.6 is 0 Å². The van der Waals surface area contributed by atoms with Crippen LogP contribution in [0.5, 0.6) is 0 Å². The molecule has 0 aliphatic rings. The Morgan fingerprint density at radius 3 is 2.86 bits per heavy atom. The van der Waals surface area contributed by atoms with E-state index in [4.69, 9.17) is 10.5 Å². The van der Waals surface area contributed by atoms with Gasteiger partial charge in [-0.2, -0.15) is 0 Å². The topological polar surface area (TPSA) is 102 Å². The molecular formula is C14H24N4O3. The summed E-state index contributed by atoms with van der Waals surface area (Å²) < 4.78 is 6.72. The lowest BCUT2D eigenvalue weighted by atomic mass is 10.3. The molecule has 7 nitrogen and oxygen atoms in total. The van der Waals surface area contributed by atoms with E-state index in [1.165, 1.54) is 4.57 Å². The van der Waals surface area contributed by atoms with Crippen molar-refractivity contribution in [1.82, 2.24) is 9.55 Å². The van der Waals surface area contributed by atoms with Gasteiger partial charge in [0.25, 0.3) is 5.56 Å². The van der Waals surface area contributed by atoms with Crippen molar-refractivity contribution < 1.29 is 4.74 Å². The van der Waals surface area contributed by atoms with Crippen molar-refractivity contribution in [2.75, 3.05) is 30.8 Å². The van der Waals surface area contributed by atoms with Crippen molar-refractivity contribution in [3.05, 3.63) is 33.5 Å². The molecule has 0 spiro atoms. The molecule has 0 radical (unpaired) electrons. The second-order valence-electron chi connectivity index (χ2n) is 4.64. The van der Waals surface area contributed by atoms with Gasteiger partial charge in [0, 0.05) is 13.1 Å². The molecule has 0 atom stereocenters. The molecule has 118 valence electrons. The van der Waals surface area contributed by atoms with Crippen LogP contribution in [0.1, 0.15) is 26.2 Å². The molecule has 0 unspecified atom stereocenters. The fraction of sp³-hybridized carbons (Fsp3) is 0.571. The highest BCUT2D eigenvalue weighted by Gasteiger charge is 2.11. The number of ether oxygens (including phenoxy) is 1. The number of anilines is 2. The summed E-state index contributed by atoms with van der Waals surface area (Å²) in [4.78, 5) is 25.8. The molecule has 0 saturated heterocycles. The smallest absolute Gasteiger partial charge is 0.330 e. The van der Waals surface area contributed by atoms with E-state index in [9.17, 15) is 9.59 Å². The summed E-state index contributed by atoms with van der Waals surface area (Å²) in [6.45, 7) is 7.59. The SMILES string of the molecule is C=CCCOCCNc1c(N)n(CCCC)c(=O)[nH]c1=O. The summed E-state index contributed by atoms with van der Waals surface area (Å²) in [5.74, 6) is 0.170. The molecular weight excluding hydrogens is 272 g/mol. The van der Waals surface area contributed by atoms with Crippen LogP contribution in [-0.4, -0.2) is 29.3 Å². The molecule has 0 fully saturated rings. The van der Waals surface area contributed by atoms with Crippen LogP contribution in [0.15, 0.2) is 22.2 Å². The summed E-state index contributed by atoms with van der Waals surface area (Å²) in [6, 6.07) is 0. The molecule has 0 saturated carbocycles. The maximum Gasteiger partial charge on any atom is 0.330 e. The first-order chi connectivity index (χ1) is 10.1. The summed E-state index contributed by atoms with van der Waals surface area (Å²) >= 11 is 0. The number of hydrogen-bond donors (Lipinski definition) is 3. The molecule has 7 heteroatoms. The third-order valence-corrected chi connectivity index (χ3v) is 2.99. The van der Waals surface area contributed by atoms with E-state index in [-0.39, 0.29) is 11.5 Å². The number of nitrogens with two attached hydrogens (primary N) is 1. The lowest BCUT2D eigenvalue weighted by Crippen LogP contribution is -2.34. The Labute approximate surface area is 123 Å². The molecule has 1 rings (SSSR count). The van der Waals surface area contributed by atoms with Crippen LogP contribution in [0.3, 0.4) is 0 Å². The van der Waals surface area contributed by atoms with Crippen LogP contribution in [0.2, 0.25) is 0 Å². The van der Waals surface area contributed by atoms with Crippen molar-refractivity contribution in [2.24, 2.45) is 0 Å². The van der Waals surface area contributed by atoms with E-state index < -0.39 is 11.2 Å². The van der Waals surface area contributed by atoms with E-state index in [2.05, 4.69) is 16.9 Å². The van der Waals surface area contributed by atoms with Gasteiger partial charge in [-0.1, -0.05) is 19.4 Å². The maximum atomic E-state index is 11.8. The fourth-order valence-electron chi connectivity index (χ4n) is 1.81. The minimum absolute atomic E-state index is 0.170. The van der Waals surface area contributed by atoms with Crippen molar-refractivity contribution >= 4 is 11.5 Å². The molecule has 1 heterocycles. The maximum absolute atomic E-state index is 11.8. The van der Waals surface area contributed by atoms with Gasteiger partial charge in [0.15, 0.2) is 0 Å². The Morgan fingerprint density at radius 1 is 1.43 bits per heavy atom. The Morgan fingerprint density at radius 2 is 2.19 bits per heavy atom. The highest BCUT2D eigenvalue weighted by molar-refractivity contribution is 5.60. The number of rotatable bonds is 10. The number of nitrogens with one attached hydrogen (secondary N) is 2. The Kier molecular flexibility index (Phi) is 7.31. The molecule has 1 aromatic rings. The second-order valence-corrected chi connectivity index (χ2v) is 4.64. The first-order valence-electron chi connectivity index (χ1n) is 7.16. The van der Waals surface area contributed by atoms with Crippen molar-refractivity contribution in [2.45, 2.75) is 32.7 Å². The number of H-pyrrole nitrogens is 1. The van der Waals surface area contributed by atoms with E-state index in [1.54, 1.807) is 6.08 Å². The van der Waals surface area contributed by atoms with Gasteiger partial charge in [0.2, 0.25) is 0 Å². The number of unbranched alkanes of at least 4 members (excludes halogenated alkanes) is 1. The summed E-state index contributed by atoms with van der Waals surface area (Å²) in [5.41, 5.74) is 5.16. The highest BCUT2D eigenvalue weighted by atomic mass is 16.5. The van der Waals surface area contributed by atoms with Gasteiger partial charge in [-0.05, 0) is 12.8 Å². The normalized spacial score (nSPS) is 10.5. The highest BCUT2D eigenvalue weighted by Crippen LogP contribution is 2.10. The zero-order valence-electron chi connectivity index (χ0n) is 12.5. The predicted molar refractivity (Wildman–Crippen MR) is 84.8 cm³/mol. The van der Waals surface area contributed by atoms with Crippen molar-refractivity contribution in [3.8, 4) is 0 Å². The van der Waals surface area contributed by atoms with E-state index in [1.807, 2.05) is 6.92 Å². The van der Waals surface area contributed by atoms with Crippen molar-refractivity contribution in [3.63, 3.8) is 0 Å². The number of nitrogens with zero attached hydrogens (tertiary/aromatic N) is 1. The van der Waals surface area contributed by atoms with Crippen LogP contribution in [0, 0.1) is 0 Å². The molecule has 0 aliphatic carbocycles. The number of aromatic nitrogens is 2. The minimum atomic E-state index is -0.503. The minimum Gasteiger partial charge on any atom is -0.383 e. The standard InChI is InChI=1S/C14H24N4O3/c1-3-5-8-18-12(15)11(13(19)17-14(18)20)16-7-10-21-9-6-4-2/h4,16H,2-3,5-10,15H2,1H3,(H,17,19,20). The van der Waals surface area contributed by atoms with Gasteiger partial charge in [-0.25, -0.2) is 4.79 Å². The van der Waals surface area contributed by atoms with Crippen LogP contribution in [0.25, 0.3) is 0 Å². The summed E-state index contributed by atoms with van der Waals surface area (Å²) in [7, 11) is 0. The summed E-state index contributed by atoms with van der Waals surface area (Å²) in [5, 5.41) is 2.92. The first-order valence-corrected chi connectivity index (χ1v) is 7.16. The molecule has 21 heavy (non-hydrogen) atoms. The lowest BCUT2D eigenvalue weighted by molar-refractivity contribution is 0.149. The zero-order valence-corrected chi connectivity index (χ0v) is 12.5. The van der Waals surface area contributed by atoms with Gasteiger partial charge in [-0.3, -0.25) is 14.3 Å². The summed E-state index contributed by atoms with van der Waals surface area (Å²) in [6.07, 6.45) is 4.32. The Balaban J connectivity index is 2.70. The fourth-order valence-corrected chi connectivity index (χ4v) is 1.81. The predicted octanol–water partition coefficient (Wildman–Crippen LogP) is 0.923. The van der Waals surface area contributed by atoms with E-state index in [0.717, 1.165) is 19.3 Å². The first kappa shape index (κ1) is 17.0. The van der Waals surface area contributed by atoms with Crippen LogP contribution in [-0.2, 0) is 11.3 Å². The average Bonchev–Trinajstić information content (AvgIpc) is 2.45. The molecule has 1 aromatic heterocycles. The Bertz CT molecular complexity index is 562. The number of hydrogen-bond acceptors (Lipinski definition) is 5. The third-order valence-electron chi connectivity index (χ3n) is 2.99. The van der Waals surface area contributed by atoms with E-state index >= 15 is 0 Å².